The van der Waals surface area contributed by atoms with Gasteiger partial charge in [-0.1, -0.05) is 6.07 Å². The van der Waals surface area contributed by atoms with Crippen molar-refractivity contribution in [1.82, 2.24) is 19.9 Å². The normalized spacial score (nSPS) is 16.8. The van der Waals surface area contributed by atoms with E-state index in [9.17, 15) is 10.1 Å². The molecule has 3 aromatic rings. The minimum atomic E-state index is -0.272. The standard InChI is InChI=1S/C19H19N7O2/c1-11-9-28-10-12-3-4-13(7-20)15(5-12)24-16-6-17(21-2)26-18(25-16)14(8-22-26)19(27)23-11/h3-6,8,11,21H,9-10H2,1-2H3,(H,23,27)(H,24,25)/t11-/m1/s1. The summed E-state index contributed by atoms with van der Waals surface area (Å²) in [6, 6.07) is 9.23. The third-order valence-electron chi connectivity index (χ3n) is 4.45. The van der Waals surface area contributed by atoms with E-state index in [-0.39, 0.29) is 11.9 Å². The first-order chi connectivity index (χ1) is 13.6. The van der Waals surface area contributed by atoms with E-state index in [2.05, 4.69) is 32.1 Å². The van der Waals surface area contributed by atoms with Crippen molar-refractivity contribution in [2.24, 2.45) is 0 Å². The van der Waals surface area contributed by atoms with Crippen LogP contribution in [0.15, 0.2) is 30.5 Å². The highest BCUT2D eigenvalue weighted by Crippen LogP contribution is 2.25. The van der Waals surface area contributed by atoms with Crippen LogP contribution in [0.3, 0.4) is 0 Å². The molecule has 0 saturated heterocycles. The fourth-order valence-corrected chi connectivity index (χ4v) is 3.08. The molecular weight excluding hydrogens is 358 g/mol. The summed E-state index contributed by atoms with van der Waals surface area (Å²) in [5.41, 5.74) is 2.79. The topological polar surface area (TPSA) is 116 Å². The van der Waals surface area contributed by atoms with Crippen LogP contribution in [-0.2, 0) is 11.3 Å². The van der Waals surface area contributed by atoms with Crippen LogP contribution in [0.2, 0.25) is 0 Å². The molecule has 4 bridgehead atoms. The number of carbonyl (C=O) groups is 1. The van der Waals surface area contributed by atoms with Crippen molar-refractivity contribution in [3.8, 4) is 6.07 Å². The molecule has 0 radical (unpaired) electrons. The van der Waals surface area contributed by atoms with Gasteiger partial charge in [0.15, 0.2) is 5.65 Å². The summed E-state index contributed by atoms with van der Waals surface area (Å²) in [4.78, 5) is 17.3. The lowest BCUT2D eigenvalue weighted by Gasteiger charge is -2.16. The summed E-state index contributed by atoms with van der Waals surface area (Å²) < 4.78 is 7.29. The zero-order valence-electron chi connectivity index (χ0n) is 15.5. The molecule has 3 heterocycles. The maximum atomic E-state index is 12.7. The summed E-state index contributed by atoms with van der Waals surface area (Å²) in [6.45, 7) is 2.60. The van der Waals surface area contributed by atoms with Crippen molar-refractivity contribution in [2.45, 2.75) is 19.6 Å². The summed E-state index contributed by atoms with van der Waals surface area (Å²) >= 11 is 0. The van der Waals surface area contributed by atoms with Gasteiger partial charge in [0, 0.05) is 19.2 Å². The molecule has 4 rings (SSSR count). The third kappa shape index (κ3) is 3.21. The number of amides is 1. The molecular formula is C19H19N7O2. The van der Waals surface area contributed by atoms with Gasteiger partial charge in [-0.2, -0.15) is 14.9 Å². The average molecular weight is 377 g/mol. The summed E-state index contributed by atoms with van der Waals surface area (Å²) in [5.74, 6) is 0.877. The largest absolute Gasteiger partial charge is 0.375 e. The molecule has 28 heavy (non-hydrogen) atoms. The van der Waals surface area contributed by atoms with E-state index in [4.69, 9.17) is 4.74 Å². The number of hydrogen-bond donors (Lipinski definition) is 3. The lowest BCUT2D eigenvalue weighted by molar-refractivity contribution is 0.0821. The maximum absolute atomic E-state index is 12.7. The highest BCUT2D eigenvalue weighted by atomic mass is 16.5. The Balaban J connectivity index is 1.89. The number of nitriles is 1. The first-order valence-electron chi connectivity index (χ1n) is 8.84. The molecule has 1 atom stereocenters. The minimum Gasteiger partial charge on any atom is -0.375 e. The van der Waals surface area contributed by atoms with E-state index >= 15 is 0 Å². The second-order valence-electron chi connectivity index (χ2n) is 6.58. The van der Waals surface area contributed by atoms with Gasteiger partial charge in [-0.3, -0.25) is 4.79 Å². The van der Waals surface area contributed by atoms with Crippen molar-refractivity contribution < 1.29 is 9.53 Å². The fraction of sp³-hybridized carbons (Fsp3) is 0.263. The predicted molar refractivity (Wildman–Crippen MR) is 104 cm³/mol. The van der Waals surface area contributed by atoms with Gasteiger partial charge in [-0.15, -0.1) is 0 Å². The predicted octanol–water partition coefficient (Wildman–Crippen LogP) is 2.03. The van der Waals surface area contributed by atoms with Gasteiger partial charge >= 0.3 is 0 Å². The Kier molecular flexibility index (Phi) is 4.55. The molecule has 1 aliphatic rings. The zero-order chi connectivity index (χ0) is 19.7. The molecule has 142 valence electrons. The molecule has 2 aromatic heterocycles. The van der Waals surface area contributed by atoms with Gasteiger partial charge in [0.05, 0.1) is 30.7 Å². The number of benzene rings is 1. The number of hydrogen-bond acceptors (Lipinski definition) is 7. The SMILES string of the molecule is CNc1cc2nc3c(cnn13)C(=O)N[C@H](C)COCc1ccc(C#N)c(c1)N2. The molecule has 9 nitrogen and oxygen atoms in total. The van der Waals surface area contributed by atoms with Crippen molar-refractivity contribution in [2.75, 3.05) is 24.3 Å². The number of aromatic nitrogens is 3. The van der Waals surface area contributed by atoms with E-state index in [0.717, 1.165) is 5.56 Å². The Hall–Kier alpha value is -3.64. The first kappa shape index (κ1) is 17.8. The van der Waals surface area contributed by atoms with Gasteiger partial charge in [0.2, 0.25) is 0 Å². The Labute approximate surface area is 161 Å². The fourth-order valence-electron chi connectivity index (χ4n) is 3.08. The van der Waals surface area contributed by atoms with Gasteiger partial charge in [0.1, 0.15) is 23.3 Å². The molecule has 0 unspecified atom stereocenters. The molecule has 1 aliphatic heterocycles. The quantitative estimate of drug-likeness (QED) is 0.594. The number of rotatable bonds is 1. The van der Waals surface area contributed by atoms with Gasteiger partial charge in [0.25, 0.3) is 5.91 Å². The molecule has 9 heteroatoms. The maximum Gasteiger partial charge on any atom is 0.257 e. The van der Waals surface area contributed by atoms with Crippen molar-refractivity contribution in [3.05, 3.63) is 47.2 Å². The van der Waals surface area contributed by atoms with Crippen LogP contribution in [0.4, 0.5) is 17.3 Å². The smallest absolute Gasteiger partial charge is 0.257 e. The van der Waals surface area contributed by atoms with E-state index < -0.39 is 0 Å². The number of ether oxygens (including phenoxy) is 1. The third-order valence-corrected chi connectivity index (χ3v) is 4.45. The molecule has 3 N–H and O–H groups in total. The monoisotopic (exact) mass is 377 g/mol. The molecule has 1 amide bonds. The molecule has 0 aliphatic carbocycles. The van der Waals surface area contributed by atoms with Gasteiger partial charge < -0.3 is 20.7 Å². The van der Waals surface area contributed by atoms with Gasteiger partial charge in [-0.25, -0.2) is 4.98 Å². The number of fused-ring (bicyclic) bond motifs is 3. The highest BCUT2D eigenvalue weighted by molar-refractivity contribution is 6.00. The Morgan fingerprint density at radius 3 is 3.04 bits per heavy atom. The molecule has 0 fully saturated rings. The van der Waals surface area contributed by atoms with Crippen molar-refractivity contribution in [3.63, 3.8) is 0 Å². The Morgan fingerprint density at radius 2 is 2.25 bits per heavy atom. The van der Waals surface area contributed by atoms with Gasteiger partial charge in [-0.05, 0) is 24.6 Å². The lowest BCUT2D eigenvalue weighted by atomic mass is 10.1. The van der Waals surface area contributed by atoms with E-state index in [0.29, 0.717) is 47.3 Å². The second kappa shape index (κ2) is 7.17. The summed E-state index contributed by atoms with van der Waals surface area (Å²) in [6.07, 6.45) is 1.49. The first-order valence-corrected chi connectivity index (χ1v) is 8.84. The molecule has 0 spiro atoms. The Bertz CT molecular complexity index is 1100. The number of nitrogens with zero attached hydrogens (tertiary/aromatic N) is 4. The van der Waals surface area contributed by atoms with Crippen molar-refractivity contribution in [1.29, 1.82) is 5.26 Å². The average Bonchev–Trinajstić information content (AvgIpc) is 3.11. The minimum absolute atomic E-state index is 0.187. The van der Waals surface area contributed by atoms with Crippen LogP contribution in [-0.4, -0.2) is 40.2 Å². The highest BCUT2D eigenvalue weighted by Gasteiger charge is 2.19. The number of carbonyl (C=O) groups excluding carboxylic acids is 1. The van der Waals surface area contributed by atoms with Crippen molar-refractivity contribution >= 4 is 28.9 Å². The van der Waals surface area contributed by atoms with Crippen LogP contribution in [0.25, 0.3) is 5.65 Å². The van der Waals surface area contributed by atoms with E-state index in [1.54, 1.807) is 23.7 Å². The molecule has 1 aromatic carbocycles. The van der Waals surface area contributed by atoms with Crippen LogP contribution in [0.5, 0.6) is 0 Å². The van der Waals surface area contributed by atoms with E-state index in [1.165, 1.54) is 6.20 Å². The van der Waals surface area contributed by atoms with Crippen LogP contribution < -0.4 is 16.0 Å². The van der Waals surface area contributed by atoms with Crippen LogP contribution >= 0.6 is 0 Å². The Morgan fingerprint density at radius 1 is 1.39 bits per heavy atom. The number of nitrogens with one attached hydrogen (secondary N) is 3. The zero-order valence-corrected chi connectivity index (χ0v) is 15.5. The summed E-state index contributed by atoms with van der Waals surface area (Å²) in [5, 5.41) is 22.9. The number of anilines is 3. The lowest BCUT2D eigenvalue weighted by Crippen LogP contribution is -2.35. The van der Waals surface area contributed by atoms with Crippen LogP contribution in [0.1, 0.15) is 28.4 Å². The van der Waals surface area contributed by atoms with Crippen LogP contribution in [0, 0.1) is 11.3 Å². The molecule has 0 saturated carbocycles. The second-order valence-corrected chi connectivity index (χ2v) is 6.58. The van der Waals surface area contributed by atoms with E-state index in [1.807, 2.05) is 19.1 Å². The summed E-state index contributed by atoms with van der Waals surface area (Å²) in [7, 11) is 1.76.